The molecule has 3 unspecified atom stereocenters. The van der Waals surface area contributed by atoms with E-state index in [-0.39, 0.29) is 12.4 Å². The van der Waals surface area contributed by atoms with Crippen LogP contribution in [0.15, 0.2) is 4.99 Å². The van der Waals surface area contributed by atoms with Crippen LogP contribution in [0, 0.1) is 0 Å². The molecule has 14 nitrogen and oxygen atoms in total. The van der Waals surface area contributed by atoms with Gasteiger partial charge in [0.2, 0.25) is 17.7 Å². The lowest BCUT2D eigenvalue weighted by molar-refractivity contribution is -0.142. The number of hydrogen-bond donors (Lipinski definition) is 9. The van der Waals surface area contributed by atoms with Gasteiger partial charge in [-0.05, 0) is 38.6 Å². The maximum Gasteiger partial charge on any atom is 0.328 e. The maximum atomic E-state index is 12.4. The Kier molecular flexibility index (Phi) is 14.3. The lowest BCUT2D eigenvalue weighted by Gasteiger charge is -2.21. The largest absolute Gasteiger partial charge is 0.480 e. The molecular formula is C17H34N8O6. The number of carboxylic acid groups (broad SMARTS) is 1. The van der Waals surface area contributed by atoms with Gasteiger partial charge in [-0.2, -0.15) is 0 Å². The van der Waals surface area contributed by atoms with E-state index in [1.165, 1.54) is 0 Å². The predicted molar refractivity (Wildman–Crippen MR) is 112 cm³/mol. The Bertz CT molecular complexity index is 626. The minimum Gasteiger partial charge on any atom is -0.480 e. The van der Waals surface area contributed by atoms with Gasteiger partial charge in [0, 0.05) is 6.54 Å². The molecule has 0 bridgehead atoms. The fourth-order valence-corrected chi connectivity index (χ4v) is 2.41. The molecule has 3 amide bonds. The number of nitrogens with one attached hydrogen (secondary N) is 3. The van der Waals surface area contributed by atoms with Crippen molar-refractivity contribution in [3.63, 3.8) is 0 Å². The third-order valence-corrected chi connectivity index (χ3v) is 4.12. The van der Waals surface area contributed by atoms with Crippen molar-refractivity contribution in [1.29, 1.82) is 0 Å². The lowest BCUT2D eigenvalue weighted by Crippen LogP contribution is -2.53. The van der Waals surface area contributed by atoms with Crippen LogP contribution in [0.1, 0.15) is 32.1 Å². The lowest BCUT2D eigenvalue weighted by atomic mass is 10.1. The number of rotatable bonds is 16. The molecule has 3 atom stereocenters. The van der Waals surface area contributed by atoms with Crippen LogP contribution in [0.25, 0.3) is 0 Å². The summed E-state index contributed by atoms with van der Waals surface area (Å²) in [7, 11) is 0. The molecule has 31 heavy (non-hydrogen) atoms. The van der Waals surface area contributed by atoms with E-state index in [0.717, 1.165) is 0 Å². The number of carbonyl (C=O) groups excluding carboxylic acids is 3. The molecule has 0 aromatic heterocycles. The molecule has 0 radical (unpaired) electrons. The van der Waals surface area contributed by atoms with Gasteiger partial charge in [-0.1, -0.05) is 0 Å². The molecular weight excluding hydrogens is 412 g/mol. The Balaban J connectivity index is 4.75. The third kappa shape index (κ3) is 13.0. The van der Waals surface area contributed by atoms with Gasteiger partial charge in [0.15, 0.2) is 5.96 Å². The fourth-order valence-electron chi connectivity index (χ4n) is 2.41. The number of carboxylic acids is 1. The quantitative estimate of drug-likeness (QED) is 0.0624. The summed E-state index contributed by atoms with van der Waals surface area (Å²) in [5.41, 5.74) is 21.7. The molecule has 0 heterocycles. The fraction of sp³-hybridized carbons (Fsp3) is 0.706. The van der Waals surface area contributed by atoms with Gasteiger partial charge >= 0.3 is 5.97 Å². The minimum atomic E-state index is -1.48. The summed E-state index contributed by atoms with van der Waals surface area (Å²) < 4.78 is 0. The summed E-state index contributed by atoms with van der Waals surface area (Å²) in [5, 5.41) is 24.7. The Morgan fingerprint density at radius 1 is 0.935 bits per heavy atom. The summed E-state index contributed by atoms with van der Waals surface area (Å²) in [5.74, 6) is -3.47. The van der Waals surface area contributed by atoms with Crippen LogP contribution in [-0.4, -0.2) is 84.2 Å². The first-order valence-electron chi connectivity index (χ1n) is 9.84. The van der Waals surface area contributed by atoms with E-state index in [1.54, 1.807) is 0 Å². The van der Waals surface area contributed by atoms with Crippen LogP contribution in [-0.2, 0) is 19.2 Å². The van der Waals surface area contributed by atoms with E-state index < -0.39 is 55.0 Å². The van der Waals surface area contributed by atoms with Crippen molar-refractivity contribution in [3.05, 3.63) is 0 Å². The number of amides is 3. The second-order valence-electron chi connectivity index (χ2n) is 6.76. The summed E-state index contributed by atoms with van der Waals surface area (Å²) in [6.07, 6.45) is 2.20. The Morgan fingerprint density at radius 3 is 2.16 bits per heavy atom. The summed E-state index contributed by atoms with van der Waals surface area (Å²) in [4.78, 5) is 51.1. The number of hydrogen-bond acceptors (Lipinski definition) is 8. The first kappa shape index (κ1) is 28.0. The number of aliphatic hydroxyl groups excluding tert-OH is 1. The number of nitrogens with two attached hydrogens (primary N) is 4. The molecule has 14 heteroatoms. The van der Waals surface area contributed by atoms with Crippen molar-refractivity contribution in [1.82, 2.24) is 16.0 Å². The van der Waals surface area contributed by atoms with E-state index in [1.807, 2.05) is 0 Å². The highest BCUT2D eigenvalue weighted by Gasteiger charge is 2.24. The van der Waals surface area contributed by atoms with Crippen molar-refractivity contribution >= 4 is 29.7 Å². The van der Waals surface area contributed by atoms with E-state index in [2.05, 4.69) is 20.9 Å². The van der Waals surface area contributed by atoms with Gasteiger partial charge in [0.05, 0.1) is 19.2 Å². The summed E-state index contributed by atoms with van der Waals surface area (Å²) in [6.45, 7) is -0.610. The number of guanidine groups is 1. The molecule has 13 N–H and O–H groups in total. The van der Waals surface area contributed by atoms with Gasteiger partial charge in [-0.25, -0.2) is 4.79 Å². The highest BCUT2D eigenvalue weighted by Crippen LogP contribution is 2.03. The SMILES string of the molecule is NCCCCC(NC(=O)C(N)CCCN=C(N)N)C(=O)NCC(=O)NC(CO)C(=O)O. The molecule has 0 fully saturated rings. The zero-order valence-electron chi connectivity index (χ0n) is 17.4. The van der Waals surface area contributed by atoms with Gasteiger partial charge in [0.1, 0.15) is 12.1 Å². The number of unbranched alkanes of at least 4 members (excludes halogenated alkanes) is 1. The number of aliphatic imine (C=N–C) groups is 1. The van der Waals surface area contributed by atoms with Crippen molar-refractivity contribution in [3.8, 4) is 0 Å². The molecule has 178 valence electrons. The van der Waals surface area contributed by atoms with Crippen LogP contribution in [0.2, 0.25) is 0 Å². The molecule has 0 aliphatic rings. The third-order valence-electron chi connectivity index (χ3n) is 4.12. The topological polar surface area (TPSA) is 261 Å². The van der Waals surface area contributed by atoms with Crippen LogP contribution >= 0.6 is 0 Å². The molecule has 0 aromatic rings. The highest BCUT2D eigenvalue weighted by molar-refractivity contribution is 5.92. The summed E-state index contributed by atoms with van der Waals surface area (Å²) >= 11 is 0. The first-order valence-corrected chi connectivity index (χ1v) is 9.84. The summed E-state index contributed by atoms with van der Waals surface area (Å²) in [6, 6.07) is -3.33. The standard InChI is InChI=1S/C17H34N8O6/c18-6-2-1-5-11(25-14(28)10(19)4-3-7-22-17(20)21)15(29)23-8-13(27)24-12(9-26)16(30)31/h10-12,26H,1-9,18-19H2,(H,23,29)(H,24,27)(H,25,28)(H,30,31)(H4,20,21,22). The van der Waals surface area contributed by atoms with E-state index in [0.29, 0.717) is 38.8 Å². The second-order valence-corrected chi connectivity index (χ2v) is 6.76. The molecule has 0 aliphatic carbocycles. The Labute approximate surface area is 180 Å². The second kappa shape index (κ2) is 15.8. The minimum absolute atomic E-state index is 0.0626. The zero-order valence-corrected chi connectivity index (χ0v) is 17.4. The number of aliphatic carboxylic acids is 1. The molecule has 0 saturated carbocycles. The van der Waals surface area contributed by atoms with E-state index in [4.69, 9.17) is 33.1 Å². The molecule has 0 aliphatic heterocycles. The number of carbonyl (C=O) groups is 4. The average Bonchev–Trinajstić information content (AvgIpc) is 2.71. The van der Waals surface area contributed by atoms with Crippen LogP contribution in [0.3, 0.4) is 0 Å². The molecule has 0 saturated heterocycles. The van der Waals surface area contributed by atoms with Crippen molar-refractivity contribution < 1.29 is 29.4 Å². The van der Waals surface area contributed by atoms with E-state index >= 15 is 0 Å². The van der Waals surface area contributed by atoms with Gasteiger partial charge in [0.25, 0.3) is 0 Å². The molecule has 0 spiro atoms. The van der Waals surface area contributed by atoms with Crippen molar-refractivity contribution in [2.45, 2.75) is 50.2 Å². The van der Waals surface area contributed by atoms with Gasteiger partial charge in [-0.3, -0.25) is 19.4 Å². The zero-order chi connectivity index (χ0) is 23.8. The Hall–Kier alpha value is -2.97. The average molecular weight is 447 g/mol. The molecule has 0 rings (SSSR count). The van der Waals surface area contributed by atoms with Crippen LogP contribution < -0.4 is 38.9 Å². The Morgan fingerprint density at radius 2 is 1.61 bits per heavy atom. The monoisotopic (exact) mass is 446 g/mol. The smallest absolute Gasteiger partial charge is 0.328 e. The van der Waals surface area contributed by atoms with Crippen LogP contribution in [0.4, 0.5) is 0 Å². The highest BCUT2D eigenvalue weighted by atomic mass is 16.4. The maximum absolute atomic E-state index is 12.4. The molecule has 0 aromatic carbocycles. The first-order chi connectivity index (χ1) is 14.6. The number of aliphatic hydroxyl groups is 1. The number of nitrogens with zero attached hydrogens (tertiary/aromatic N) is 1. The normalized spacial score (nSPS) is 13.4. The van der Waals surface area contributed by atoms with Gasteiger partial charge < -0.3 is 49.1 Å². The van der Waals surface area contributed by atoms with E-state index in [9.17, 15) is 19.2 Å². The van der Waals surface area contributed by atoms with Crippen LogP contribution in [0.5, 0.6) is 0 Å². The van der Waals surface area contributed by atoms with Gasteiger partial charge in [-0.15, -0.1) is 0 Å². The van der Waals surface area contributed by atoms with Crippen molar-refractivity contribution in [2.24, 2.45) is 27.9 Å². The predicted octanol–water partition coefficient (Wildman–Crippen LogP) is -4.34. The van der Waals surface area contributed by atoms with Crippen molar-refractivity contribution in [2.75, 3.05) is 26.2 Å².